The lowest BCUT2D eigenvalue weighted by Gasteiger charge is -2.17. The van der Waals surface area contributed by atoms with Gasteiger partial charge in [-0.1, -0.05) is 5.92 Å². The van der Waals surface area contributed by atoms with Gasteiger partial charge in [0, 0.05) is 0 Å². The van der Waals surface area contributed by atoms with Crippen molar-refractivity contribution in [3.05, 3.63) is 26.1 Å². The van der Waals surface area contributed by atoms with Crippen molar-refractivity contribution in [2.45, 2.75) is 41.0 Å². The van der Waals surface area contributed by atoms with Gasteiger partial charge in [-0.2, -0.15) is 4.98 Å². The van der Waals surface area contributed by atoms with E-state index in [1.54, 1.807) is 27.7 Å². The van der Waals surface area contributed by atoms with Gasteiger partial charge in [0.15, 0.2) is 17.9 Å². The van der Waals surface area contributed by atoms with Crippen LogP contribution in [0.2, 0.25) is 5.28 Å². The Hall–Kier alpha value is -2.53. The second kappa shape index (κ2) is 6.53. The number of ether oxygens (including phenoxy) is 1. The molecule has 2 aromatic rings. The van der Waals surface area contributed by atoms with Crippen LogP contribution in [0.5, 0.6) is 0 Å². The van der Waals surface area contributed by atoms with E-state index in [4.69, 9.17) is 16.3 Å². The van der Waals surface area contributed by atoms with Gasteiger partial charge in [-0.3, -0.25) is 19.1 Å². The summed E-state index contributed by atoms with van der Waals surface area (Å²) in [6, 6.07) is 0. The summed E-state index contributed by atoms with van der Waals surface area (Å²) in [6.45, 7) is 6.49. The Morgan fingerprint density at radius 3 is 2.58 bits per heavy atom. The molecule has 0 saturated carbocycles. The van der Waals surface area contributed by atoms with Gasteiger partial charge in [-0.15, -0.1) is 5.92 Å². The third-order valence-electron chi connectivity index (χ3n) is 3.19. The molecule has 0 aliphatic carbocycles. The molecule has 0 radical (unpaired) electrons. The predicted octanol–water partition coefficient (Wildman–Crippen LogP) is 1.11. The number of halogens is 1. The smallest absolute Gasteiger partial charge is 0.332 e. The first-order valence-corrected chi connectivity index (χ1v) is 7.50. The van der Waals surface area contributed by atoms with Crippen molar-refractivity contribution in [3.8, 4) is 11.8 Å². The summed E-state index contributed by atoms with van der Waals surface area (Å²) in [5, 5.41) is 0.0137. The first kappa shape index (κ1) is 17.8. The normalized spacial score (nSPS) is 11.2. The molecule has 0 aromatic carbocycles. The lowest BCUT2D eigenvalue weighted by Crippen LogP contribution is -2.33. The fraction of sp³-hybridized carbons (Fsp3) is 0.467. The average Bonchev–Trinajstić information content (AvgIpc) is 2.80. The van der Waals surface area contributed by atoms with E-state index in [1.165, 1.54) is 4.57 Å². The van der Waals surface area contributed by atoms with Gasteiger partial charge >= 0.3 is 11.7 Å². The van der Waals surface area contributed by atoms with E-state index in [0.29, 0.717) is 0 Å². The zero-order chi connectivity index (χ0) is 18.1. The molecule has 0 amide bonds. The fourth-order valence-corrected chi connectivity index (χ4v) is 2.13. The zero-order valence-electron chi connectivity index (χ0n) is 13.8. The summed E-state index contributed by atoms with van der Waals surface area (Å²) < 4.78 is 7.56. The van der Waals surface area contributed by atoms with E-state index in [0.717, 1.165) is 4.57 Å². The molecular weight excluding hydrogens is 336 g/mol. The largest absolute Gasteiger partial charge is 0.443 e. The number of H-pyrrole nitrogens is 1. The highest BCUT2D eigenvalue weighted by Gasteiger charge is 2.24. The highest BCUT2D eigenvalue weighted by atomic mass is 35.5. The molecule has 0 spiro atoms. The molecule has 0 fully saturated rings. The molecule has 2 aromatic heterocycles. The summed E-state index contributed by atoms with van der Waals surface area (Å²) in [5.74, 6) is 4.98. The Bertz CT molecular complexity index is 966. The Balaban J connectivity index is 2.55. The van der Waals surface area contributed by atoms with Gasteiger partial charge in [-0.05, 0) is 39.3 Å². The summed E-state index contributed by atoms with van der Waals surface area (Å²) >= 11 is 6.04. The van der Waals surface area contributed by atoms with Crippen molar-refractivity contribution in [2.24, 2.45) is 5.41 Å². The molecule has 2 heterocycles. The van der Waals surface area contributed by atoms with Gasteiger partial charge in [0.2, 0.25) is 5.28 Å². The van der Waals surface area contributed by atoms with Crippen LogP contribution in [0.4, 0.5) is 0 Å². The van der Waals surface area contributed by atoms with Gasteiger partial charge in [0.05, 0.1) is 12.0 Å². The van der Waals surface area contributed by atoms with Crippen LogP contribution >= 0.6 is 11.6 Å². The number of imidazole rings is 1. The molecule has 0 unspecified atom stereocenters. The number of aromatic amines is 1. The van der Waals surface area contributed by atoms with Crippen LogP contribution in [0.15, 0.2) is 9.59 Å². The molecule has 9 heteroatoms. The number of aromatic nitrogens is 4. The predicted molar refractivity (Wildman–Crippen MR) is 88.6 cm³/mol. The summed E-state index contributed by atoms with van der Waals surface area (Å²) in [6.07, 6.45) is 0. The van der Waals surface area contributed by atoms with E-state index >= 15 is 0 Å². The second-order valence-corrected chi connectivity index (χ2v) is 6.40. The zero-order valence-corrected chi connectivity index (χ0v) is 14.5. The molecular formula is C15H17ClN4O4. The Kier molecular flexibility index (Phi) is 4.85. The maximum atomic E-state index is 12.1. The molecule has 128 valence electrons. The third kappa shape index (κ3) is 3.36. The molecule has 0 atom stereocenters. The maximum absolute atomic E-state index is 12.1. The first-order chi connectivity index (χ1) is 11.2. The van der Waals surface area contributed by atoms with Crippen molar-refractivity contribution >= 4 is 28.7 Å². The molecule has 2 rings (SSSR count). The molecule has 0 aliphatic heterocycles. The Labute approximate surface area is 142 Å². The van der Waals surface area contributed by atoms with E-state index in [9.17, 15) is 14.4 Å². The highest BCUT2D eigenvalue weighted by molar-refractivity contribution is 6.29. The number of nitrogens with one attached hydrogen (secondary N) is 1. The summed E-state index contributed by atoms with van der Waals surface area (Å²) in [7, 11) is 0. The van der Waals surface area contributed by atoms with Crippen LogP contribution < -0.4 is 11.2 Å². The van der Waals surface area contributed by atoms with Gasteiger partial charge < -0.3 is 4.74 Å². The minimum absolute atomic E-state index is 0.0137. The molecule has 8 nitrogen and oxygen atoms in total. The number of hydrogen-bond acceptors (Lipinski definition) is 5. The lowest BCUT2D eigenvalue weighted by atomic mass is 9.98. The van der Waals surface area contributed by atoms with E-state index in [-0.39, 0.29) is 29.7 Å². The standard InChI is InChI=1S/C15H17ClN4O4/c1-5-6-7-19-9-10(17-13(19)16)20(14(23)18-11(9)21)8-24-12(22)15(2,3)4/h7-8H2,1-4H3,(H,18,21,23). The number of esters is 1. The topological polar surface area (TPSA) is 99.0 Å². The molecule has 0 aliphatic rings. The van der Waals surface area contributed by atoms with Crippen LogP contribution in [0.25, 0.3) is 11.2 Å². The molecule has 24 heavy (non-hydrogen) atoms. The van der Waals surface area contributed by atoms with Crippen molar-refractivity contribution in [1.82, 2.24) is 19.1 Å². The van der Waals surface area contributed by atoms with Crippen molar-refractivity contribution in [1.29, 1.82) is 0 Å². The van der Waals surface area contributed by atoms with Crippen molar-refractivity contribution in [2.75, 3.05) is 0 Å². The minimum atomic E-state index is -0.739. The quantitative estimate of drug-likeness (QED) is 0.507. The molecule has 1 N–H and O–H groups in total. The van der Waals surface area contributed by atoms with Crippen molar-refractivity contribution in [3.63, 3.8) is 0 Å². The number of carbonyl (C=O) groups is 1. The van der Waals surface area contributed by atoms with Crippen LogP contribution in [-0.2, 0) is 22.8 Å². The molecule has 0 bridgehead atoms. The highest BCUT2D eigenvalue weighted by Crippen LogP contribution is 2.17. The van der Waals surface area contributed by atoms with Crippen LogP contribution in [0.3, 0.4) is 0 Å². The summed E-state index contributed by atoms with van der Waals surface area (Å²) in [5.41, 5.74) is -1.97. The number of nitrogens with zero attached hydrogens (tertiary/aromatic N) is 3. The van der Waals surface area contributed by atoms with Crippen LogP contribution in [0.1, 0.15) is 27.7 Å². The Morgan fingerprint density at radius 2 is 2.00 bits per heavy atom. The van der Waals surface area contributed by atoms with Gasteiger partial charge in [-0.25, -0.2) is 9.36 Å². The van der Waals surface area contributed by atoms with E-state index < -0.39 is 22.6 Å². The number of fused-ring (bicyclic) bond motifs is 1. The summed E-state index contributed by atoms with van der Waals surface area (Å²) in [4.78, 5) is 42.2. The third-order valence-corrected chi connectivity index (χ3v) is 3.48. The first-order valence-electron chi connectivity index (χ1n) is 7.12. The van der Waals surface area contributed by atoms with Crippen LogP contribution in [-0.4, -0.2) is 25.1 Å². The number of carbonyl (C=O) groups excluding carboxylic acids is 1. The monoisotopic (exact) mass is 352 g/mol. The van der Waals surface area contributed by atoms with Gasteiger partial charge in [0.1, 0.15) is 0 Å². The van der Waals surface area contributed by atoms with Crippen molar-refractivity contribution < 1.29 is 9.53 Å². The van der Waals surface area contributed by atoms with Crippen LogP contribution in [0, 0.1) is 17.3 Å². The maximum Gasteiger partial charge on any atom is 0.332 e. The minimum Gasteiger partial charge on any atom is -0.443 e. The van der Waals surface area contributed by atoms with E-state index in [2.05, 4.69) is 21.8 Å². The SMILES string of the molecule is CC#CCn1c(Cl)nc2c1c(=O)[nH]c(=O)n2COC(=O)C(C)(C)C. The number of rotatable bonds is 3. The lowest BCUT2D eigenvalue weighted by molar-refractivity contribution is -0.156. The van der Waals surface area contributed by atoms with E-state index in [1.807, 2.05) is 0 Å². The fourth-order valence-electron chi connectivity index (χ4n) is 1.91. The Morgan fingerprint density at radius 1 is 1.33 bits per heavy atom. The number of hydrogen-bond donors (Lipinski definition) is 1. The molecule has 0 saturated heterocycles. The van der Waals surface area contributed by atoms with Gasteiger partial charge in [0.25, 0.3) is 5.56 Å². The average molecular weight is 353 g/mol. The second-order valence-electron chi connectivity index (χ2n) is 6.06.